The molecular weight excluding hydrogens is 346 g/mol. The Hall–Kier alpha value is -2.34. The maximum Gasteiger partial charge on any atom is 0.290 e. The van der Waals surface area contributed by atoms with Gasteiger partial charge in [-0.2, -0.15) is 0 Å². The molecule has 1 aliphatic rings. The van der Waals surface area contributed by atoms with Crippen molar-refractivity contribution in [1.82, 2.24) is 4.90 Å². The van der Waals surface area contributed by atoms with Gasteiger partial charge in [0, 0.05) is 12.5 Å². The van der Waals surface area contributed by atoms with Crippen LogP contribution in [0, 0.1) is 5.92 Å². The number of aliphatic hydroxyl groups excluding tert-OH is 1. The van der Waals surface area contributed by atoms with Crippen LogP contribution in [0.15, 0.2) is 35.6 Å². The number of nitrogens with zero attached hydrogens (tertiary/aromatic N) is 1. The van der Waals surface area contributed by atoms with Gasteiger partial charge in [-0.15, -0.1) is 0 Å². The topological polar surface area (TPSA) is 76.1 Å². The van der Waals surface area contributed by atoms with Crippen LogP contribution in [0.2, 0.25) is 0 Å². The third kappa shape index (κ3) is 4.69. The lowest BCUT2D eigenvalue weighted by molar-refractivity contribution is -0.130. The number of carbonyl (C=O) groups excluding carboxylic acids is 2. The summed E-state index contributed by atoms with van der Waals surface area (Å²) in [5.41, 5.74) is 0.910. The van der Waals surface area contributed by atoms with Gasteiger partial charge in [0.25, 0.3) is 5.91 Å². The number of rotatable bonds is 9. The fourth-order valence-corrected chi connectivity index (χ4v) is 3.09. The summed E-state index contributed by atoms with van der Waals surface area (Å²) in [7, 11) is 0. The van der Waals surface area contributed by atoms with Gasteiger partial charge >= 0.3 is 0 Å². The average Bonchev–Trinajstić information content (AvgIpc) is 2.86. The second-order valence-corrected chi connectivity index (χ2v) is 7.10. The van der Waals surface area contributed by atoms with Crippen LogP contribution >= 0.6 is 0 Å². The molecule has 1 unspecified atom stereocenters. The molecule has 1 heterocycles. The molecule has 0 saturated heterocycles. The van der Waals surface area contributed by atoms with Crippen LogP contribution in [-0.4, -0.2) is 47.6 Å². The van der Waals surface area contributed by atoms with Crippen LogP contribution in [0.25, 0.3) is 0 Å². The van der Waals surface area contributed by atoms with Gasteiger partial charge in [0.2, 0.25) is 0 Å². The molecule has 2 rings (SSSR count). The Kier molecular flexibility index (Phi) is 7.02. The summed E-state index contributed by atoms with van der Waals surface area (Å²) in [5, 5.41) is 10.4. The summed E-state index contributed by atoms with van der Waals surface area (Å²) in [6.45, 7) is 10.4. The third-order valence-corrected chi connectivity index (χ3v) is 4.38. The molecule has 1 aromatic rings. The summed E-state index contributed by atoms with van der Waals surface area (Å²) in [4.78, 5) is 26.9. The standard InChI is InChI=1S/C21H29NO5/c1-6-26-16-9-7-15(8-10-16)18-17(19(23)13(2)3)20(24)21(25)22(18)11-12-27-14(4)5/h7-10,13-14,18,24H,6,11-12H2,1-5H3. The molecule has 0 aliphatic carbocycles. The van der Waals surface area contributed by atoms with Crippen LogP contribution in [0.3, 0.4) is 0 Å². The molecule has 1 aliphatic heterocycles. The highest BCUT2D eigenvalue weighted by molar-refractivity contribution is 6.09. The molecule has 1 atom stereocenters. The van der Waals surface area contributed by atoms with E-state index < -0.39 is 17.7 Å². The second kappa shape index (κ2) is 9.04. The lowest BCUT2D eigenvalue weighted by Crippen LogP contribution is -2.34. The molecule has 1 N–H and O–H groups in total. The zero-order valence-electron chi connectivity index (χ0n) is 16.7. The quantitative estimate of drug-likeness (QED) is 0.716. The van der Waals surface area contributed by atoms with Crippen molar-refractivity contribution in [3.63, 3.8) is 0 Å². The molecular formula is C21H29NO5. The minimum absolute atomic E-state index is 0.0324. The van der Waals surface area contributed by atoms with Crippen molar-refractivity contribution < 1.29 is 24.2 Å². The molecule has 0 radical (unpaired) electrons. The molecule has 0 fully saturated rings. The predicted octanol–water partition coefficient (Wildman–Crippen LogP) is 3.43. The first-order valence-corrected chi connectivity index (χ1v) is 9.40. The Balaban J connectivity index is 2.39. The van der Waals surface area contributed by atoms with Gasteiger partial charge in [-0.3, -0.25) is 9.59 Å². The number of ether oxygens (including phenoxy) is 2. The van der Waals surface area contributed by atoms with Gasteiger partial charge in [-0.25, -0.2) is 0 Å². The highest BCUT2D eigenvalue weighted by atomic mass is 16.5. The number of hydrogen-bond acceptors (Lipinski definition) is 5. The zero-order valence-corrected chi connectivity index (χ0v) is 16.7. The fraction of sp³-hybridized carbons (Fsp3) is 0.524. The van der Waals surface area contributed by atoms with Crippen molar-refractivity contribution in [1.29, 1.82) is 0 Å². The Bertz CT molecular complexity index is 706. The van der Waals surface area contributed by atoms with E-state index in [9.17, 15) is 14.7 Å². The SMILES string of the molecule is CCOc1ccc(C2C(C(=O)C(C)C)=C(O)C(=O)N2CCOC(C)C)cc1. The molecule has 0 aromatic heterocycles. The number of benzene rings is 1. The van der Waals surface area contributed by atoms with Crippen LogP contribution < -0.4 is 4.74 Å². The number of hydrogen-bond donors (Lipinski definition) is 1. The minimum Gasteiger partial charge on any atom is -0.503 e. The molecule has 27 heavy (non-hydrogen) atoms. The van der Waals surface area contributed by atoms with Gasteiger partial charge in [0.05, 0.1) is 30.9 Å². The summed E-state index contributed by atoms with van der Waals surface area (Å²) in [6, 6.07) is 6.63. The normalized spacial score (nSPS) is 17.4. The number of carbonyl (C=O) groups is 2. The first-order chi connectivity index (χ1) is 12.8. The van der Waals surface area contributed by atoms with E-state index in [1.807, 2.05) is 32.9 Å². The van der Waals surface area contributed by atoms with Crippen LogP contribution in [0.4, 0.5) is 0 Å². The number of Topliss-reactive ketones (excluding diaryl/α,β-unsaturated/α-hetero) is 1. The van der Waals surface area contributed by atoms with Gasteiger partial charge in [0.15, 0.2) is 11.5 Å². The van der Waals surface area contributed by atoms with Gasteiger partial charge in [-0.05, 0) is 38.5 Å². The summed E-state index contributed by atoms with van der Waals surface area (Å²) < 4.78 is 11.0. The van der Waals surface area contributed by atoms with E-state index in [-0.39, 0.29) is 29.9 Å². The summed E-state index contributed by atoms with van der Waals surface area (Å²) >= 11 is 0. The first-order valence-electron chi connectivity index (χ1n) is 9.40. The molecule has 0 spiro atoms. The van der Waals surface area contributed by atoms with Crippen molar-refractivity contribution in [2.24, 2.45) is 5.92 Å². The van der Waals surface area contributed by atoms with Crippen molar-refractivity contribution >= 4 is 11.7 Å². The van der Waals surface area contributed by atoms with Crippen LogP contribution in [-0.2, 0) is 14.3 Å². The van der Waals surface area contributed by atoms with Crippen molar-refractivity contribution in [3.05, 3.63) is 41.2 Å². The molecule has 6 heteroatoms. The fourth-order valence-electron chi connectivity index (χ4n) is 3.09. The Morgan fingerprint density at radius 1 is 1.19 bits per heavy atom. The molecule has 1 amide bonds. The number of ketones is 1. The van der Waals surface area contributed by atoms with E-state index >= 15 is 0 Å². The van der Waals surface area contributed by atoms with Crippen molar-refractivity contribution in [2.75, 3.05) is 19.8 Å². The largest absolute Gasteiger partial charge is 0.503 e. The van der Waals surface area contributed by atoms with E-state index in [1.54, 1.807) is 26.0 Å². The maximum atomic E-state index is 12.7. The van der Waals surface area contributed by atoms with Gasteiger partial charge in [0.1, 0.15) is 5.75 Å². The van der Waals surface area contributed by atoms with Gasteiger partial charge < -0.3 is 19.5 Å². The third-order valence-electron chi connectivity index (χ3n) is 4.38. The Labute approximate surface area is 160 Å². The minimum atomic E-state index is -0.626. The van der Waals surface area contributed by atoms with Crippen LogP contribution in [0.5, 0.6) is 5.75 Å². The highest BCUT2D eigenvalue weighted by Crippen LogP contribution is 2.39. The Morgan fingerprint density at radius 2 is 1.81 bits per heavy atom. The number of aliphatic hydroxyl groups is 1. The highest BCUT2D eigenvalue weighted by Gasteiger charge is 2.43. The molecule has 6 nitrogen and oxygen atoms in total. The van der Waals surface area contributed by atoms with Crippen molar-refractivity contribution in [2.45, 2.75) is 46.8 Å². The zero-order chi connectivity index (χ0) is 20.1. The smallest absolute Gasteiger partial charge is 0.290 e. The number of amides is 1. The average molecular weight is 375 g/mol. The second-order valence-electron chi connectivity index (χ2n) is 7.10. The molecule has 0 bridgehead atoms. The molecule has 148 valence electrons. The van der Waals surface area contributed by atoms with Crippen LogP contribution in [0.1, 0.15) is 46.2 Å². The van der Waals surface area contributed by atoms with Gasteiger partial charge in [-0.1, -0.05) is 26.0 Å². The van der Waals surface area contributed by atoms with E-state index in [2.05, 4.69) is 0 Å². The molecule has 1 aromatic carbocycles. The summed E-state index contributed by atoms with van der Waals surface area (Å²) in [5.74, 6) is -0.841. The lowest BCUT2D eigenvalue weighted by atomic mass is 9.91. The molecule has 0 saturated carbocycles. The first kappa shape index (κ1) is 21.0. The summed E-state index contributed by atoms with van der Waals surface area (Å²) in [6.07, 6.45) is 0.0324. The van der Waals surface area contributed by atoms with E-state index in [4.69, 9.17) is 9.47 Å². The predicted molar refractivity (Wildman–Crippen MR) is 103 cm³/mol. The lowest BCUT2D eigenvalue weighted by Gasteiger charge is -2.27. The van der Waals surface area contributed by atoms with E-state index in [0.717, 1.165) is 5.56 Å². The Morgan fingerprint density at radius 3 is 2.33 bits per heavy atom. The van der Waals surface area contributed by atoms with E-state index in [1.165, 1.54) is 4.90 Å². The van der Waals surface area contributed by atoms with Crippen molar-refractivity contribution in [3.8, 4) is 5.75 Å². The maximum absolute atomic E-state index is 12.7. The van der Waals surface area contributed by atoms with E-state index in [0.29, 0.717) is 19.0 Å². The monoisotopic (exact) mass is 375 g/mol.